The van der Waals surface area contributed by atoms with E-state index in [9.17, 15) is 14.4 Å². The van der Waals surface area contributed by atoms with Gasteiger partial charge in [0.25, 0.3) is 17.4 Å². The molecule has 2 amide bonds. The molecular formula is C23H22ClN5O3. The first-order chi connectivity index (χ1) is 15.4. The van der Waals surface area contributed by atoms with E-state index in [1.807, 2.05) is 11.9 Å². The Labute approximate surface area is 189 Å². The van der Waals surface area contributed by atoms with Crippen molar-refractivity contribution in [1.82, 2.24) is 19.8 Å². The van der Waals surface area contributed by atoms with Gasteiger partial charge in [0.1, 0.15) is 11.4 Å². The number of nitrogens with zero attached hydrogens (tertiary/aromatic N) is 3. The molecule has 0 aliphatic carbocycles. The van der Waals surface area contributed by atoms with Crippen molar-refractivity contribution in [3.63, 3.8) is 0 Å². The SMILES string of the molecule is CN1CCN(C(=O)c2ccc(NC(=O)c3cnc(-c4ccc(Cl)cc4)[nH]c3=O)cc2)CC1. The Kier molecular flexibility index (Phi) is 6.34. The molecule has 8 nitrogen and oxygen atoms in total. The molecule has 32 heavy (non-hydrogen) atoms. The molecule has 2 heterocycles. The summed E-state index contributed by atoms with van der Waals surface area (Å²) in [6, 6.07) is 13.5. The molecule has 0 bridgehead atoms. The average Bonchev–Trinajstić information content (AvgIpc) is 2.80. The largest absolute Gasteiger partial charge is 0.336 e. The maximum absolute atomic E-state index is 12.6. The second-order valence-corrected chi connectivity index (χ2v) is 8.04. The van der Waals surface area contributed by atoms with E-state index in [0.29, 0.717) is 40.8 Å². The number of rotatable bonds is 4. The Morgan fingerprint density at radius 2 is 1.66 bits per heavy atom. The topological polar surface area (TPSA) is 98.4 Å². The number of halogens is 1. The molecule has 1 aliphatic rings. The number of aromatic nitrogens is 2. The van der Waals surface area contributed by atoms with Crippen LogP contribution in [-0.2, 0) is 0 Å². The molecule has 2 N–H and O–H groups in total. The van der Waals surface area contributed by atoms with Gasteiger partial charge in [-0.05, 0) is 55.6 Å². The molecular weight excluding hydrogens is 430 g/mol. The first-order valence-electron chi connectivity index (χ1n) is 10.2. The van der Waals surface area contributed by atoms with Crippen molar-refractivity contribution in [1.29, 1.82) is 0 Å². The highest BCUT2D eigenvalue weighted by Gasteiger charge is 2.20. The number of carbonyl (C=O) groups excluding carboxylic acids is 2. The Hall–Kier alpha value is -3.49. The summed E-state index contributed by atoms with van der Waals surface area (Å²) >= 11 is 5.88. The monoisotopic (exact) mass is 451 g/mol. The van der Waals surface area contributed by atoms with Crippen molar-refractivity contribution in [2.24, 2.45) is 0 Å². The molecule has 1 aromatic heterocycles. The van der Waals surface area contributed by atoms with Crippen LogP contribution < -0.4 is 10.9 Å². The highest BCUT2D eigenvalue weighted by atomic mass is 35.5. The number of aromatic amines is 1. The van der Waals surface area contributed by atoms with Crippen molar-refractivity contribution in [2.45, 2.75) is 0 Å². The number of anilines is 1. The lowest BCUT2D eigenvalue weighted by molar-refractivity contribution is 0.0664. The fraction of sp³-hybridized carbons (Fsp3) is 0.217. The van der Waals surface area contributed by atoms with E-state index in [1.54, 1.807) is 48.5 Å². The summed E-state index contributed by atoms with van der Waals surface area (Å²) in [4.78, 5) is 48.4. The van der Waals surface area contributed by atoms with Crippen LogP contribution in [0, 0.1) is 0 Å². The van der Waals surface area contributed by atoms with Crippen molar-refractivity contribution >= 4 is 29.1 Å². The van der Waals surface area contributed by atoms with Gasteiger partial charge in [0.2, 0.25) is 0 Å². The average molecular weight is 452 g/mol. The van der Waals surface area contributed by atoms with Crippen LogP contribution in [0.3, 0.4) is 0 Å². The number of H-pyrrole nitrogens is 1. The van der Waals surface area contributed by atoms with Crippen molar-refractivity contribution in [3.8, 4) is 11.4 Å². The molecule has 0 spiro atoms. The molecule has 0 unspecified atom stereocenters. The molecule has 2 aromatic carbocycles. The fourth-order valence-electron chi connectivity index (χ4n) is 3.40. The summed E-state index contributed by atoms with van der Waals surface area (Å²) < 4.78 is 0. The van der Waals surface area contributed by atoms with Crippen LogP contribution in [0.2, 0.25) is 5.02 Å². The number of carbonyl (C=O) groups is 2. The predicted octanol–water partition coefficient (Wildman–Crippen LogP) is 2.73. The van der Waals surface area contributed by atoms with Gasteiger partial charge in [-0.2, -0.15) is 0 Å². The Balaban J connectivity index is 1.43. The Morgan fingerprint density at radius 3 is 2.28 bits per heavy atom. The molecule has 0 atom stereocenters. The number of benzene rings is 2. The summed E-state index contributed by atoms with van der Waals surface area (Å²) in [6.07, 6.45) is 1.24. The summed E-state index contributed by atoms with van der Waals surface area (Å²) in [5.74, 6) is -0.274. The molecule has 164 valence electrons. The van der Waals surface area contributed by atoms with E-state index < -0.39 is 11.5 Å². The third kappa shape index (κ3) is 4.87. The maximum atomic E-state index is 12.6. The van der Waals surface area contributed by atoms with Crippen LogP contribution in [0.4, 0.5) is 5.69 Å². The van der Waals surface area contributed by atoms with Gasteiger partial charge in [0, 0.05) is 54.2 Å². The lowest BCUT2D eigenvalue weighted by Crippen LogP contribution is -2.47. The van der Waals surface area contributed by atoms with E-state index in [4.69, 9.17) is 11.6 Å². The third-order valence-corrected chi connectivity index (χ3v) is 5.59. The first-order valence-corrected chi connectivity index (χ1v) is 10.5. The zero-order chi connectivity index (χ0) is 22.7. The quantitative estimate of drug-likeness (QED) is 0.635. The van der Waals surface area contributed by atoms with Crippen LogP contribution >= 0.6 is 11.6 Å². The molecule has 4 rings (SSSR count). The zero-order valence-corrected chi connectivity index (χ0v) is 18.2. The van der Waals surface area contributed by atoms with Gasteiger partial charge >= 0.3 is 0 Å². The molecule has 3 aromatic rings. The van der Waals surface area contributed by atoms with Gasteiger partial charge in [0.15, 0.2) is 0 Å². The summed E-state index contributed by atoms with van der Waals surface area (Å²) in [5.41, 5.74) is 1.05. The smallest absolute Gasteiger partial charge is 0.264 e. The van der Waals surface area contributed by atoms with E-state index in [2.05, 4.69) is 20.2 Å². The van der Waals surface area contributed by atoms with Crippen molar-refractivity contribution < 1.29 is 9.59 Å². The first kappa shape index (κ1) is 21.7. The third-order valence-electron chi connectivity index (χ3n) is 5.34. The van der Waals surface area contributed by atoms with Gasteiger partial charge in [-0.1, -0.05) is 11.6 Å². The number of hydrogen-bond acceptors (Lipinski definition) is 5. The summed E-state index contributed by atoms with van der Waals surface area (Å²) in [5, 5.41) is 3.24. The lowest BCUT2D eigenvalue weighted by atomic mass is 10.1. The second-order valence-electron chi connectivity index (χ2n) is 7.61. The molecule has 1 fully saturated rings. The van der Waals surface area contributed by atoms with E-state index in [0.717, 1.165) is 13.1 Å². The molecule has 1 aliphatic heterocycles. The van der Waals surface area contributed by atoms with Gasteiger partial charge < -0.3 is 20.1 Å². The minimum Gasteiger partial charge on any atom is -0.336 e. The van der Waals surface area contributed by atoms with Gasteiger partial charge in [0.05, 0.1) is 0 Å². The number of hydrogen-bond donors (Lipinski definition) is 2. The number of likely N-dealkylation sites (N-methyl/N-ethyl adjacent to an activating group) is 1. The van der Waals surface area contributed by atoms with Crippen LogP contribution in [0.1, 0.15) is 20.7 Å². The number of piperazine rings is 1. The van der Waals surface area contributed by atoms with Gasteiger partial charge in [-0.15, -0.1) is 0 Å². The van der Waals surface area contributed by atoms with Crippen LogP contribution in [-0.4, -0.2) is 64.8 Å². The van der Waals surface area contributed by atoms with Crippen molar-refractivity contribution in [3.05, 3.63) is 81.2 Å². The molecule has 0 saturated carbocycles. The number of nitrogens with one attached hydrogen (secondary N) is 2. The lowest BCUT2D eigenvalue weighted by Gasteiger charge is -2.32. The standard InChI is InChI=1S/C23H22ClN5O3/c1-28-10-12-29(13-11-28)23(32)16-4-8-18(9-5-16)26-21(30)19-14-25-20(27-22(19)31)15-2-6-17(24)7-3-15/h2-9,14H,10-13H2,1H3,(H,26,30)(H,25,27,31). The van der Waals surface area contributed by atoms with E-state index in [1.165, 1.54) is 6.20 Å². The Morgan fingerprint density at radius 1 is 1.00 bits per heavy atom. The molecule has 9 heteroatoms. The second kappa shape index (κ2) is 9.33. The maximum Gasteiger partial charge on any atom is 0.264 e. The molecule has 0 radical (unpaired) electrons. The fourth-order valence-corrected chi connectivity index (χ4v) is 3.52. The van der Waals surface area contributed by atoms with Crippen LogP contribution in [0.15, 0.2) is 59.5 Å². The number of amides is 2. The zero-order valence-electron chi connectivity index (χ0n) is 17.5. The molecule has 1 saturated heterocycles. The minimum absolute atomic E-state index is 0.0330. The summed E-state index contributed by atoms with van der Waals surface area (Å²) in [6.45, 7) is 3.07. The Bertz CT molecular complexity index is 1180. The van der Waals surface area contributed by atoms with Gasteiger partial charge in [-0.25, -0.2) is 4.98 Å². The predicted molar refractivity (Wildman–Crippen MR) is 123 cm³/mol. The normalized spacial score (nSPS) is 14.2. The summed E-state index contributed by atoms with van der Waals surface area (Å²) in [7, 11) is 2.03. The van der Waals surface area contributed by atoms with Crippen LogP contribution in [0.5, 0.6) is 0 Å². The van der Waals surface area contributed by atoms with Crippen molar-refractivity contribution in [2.75, 3.05) is 38.5 Å². The highest BCUT2D eigenvalue weighted by Crippen LogP contribution is 2.17. The van der Waals surface area contributed by atoms with Crippen LogP contribution in [0.25, 0.3) is 11.4 Å². The van der Waals surface area contributed by atoms with Gasteiger partial charge in [-0.3, -0.25) is 14.4 Å². The van der Waals surface area contributed by atoms with E-state index >= 15 is 0 Å². The van der Waals surface area contributed by atoms with E-state index in [-0.39, 0.29) is 11.5 Å². The highest BCUT2D eigenvalue weighted by molar-refractivity contribution is 6.30. The minimum atomic E-state index is -0.584.